The highest BCUT2D eigenvalue weighted by atomic mass is 16.4. The van der Waals surface area contributed by atoms with Gasteiger partial charge >= 0.3 is 0 Å². The molecule has 2 aromatic rings. The third-order valence-corrected chi connectivity index (χ3v) is 3.00. The van der Waals surface area contributed by atoms with E-state index in [9.17, 15) is 4.79 Å². The molecule has 1 unspecified atom stereocenters. The van der Waals surface area contributed by atoms with Crippen LogP contribution in [0, 0.1) is 6.92 Å². The molecule has 0 saturated heterocycles. The van der Waals surface area contributed by atoms with Crippen LogP contribution in [0.4, 0.5) is 0 Å². The zero-order valence-corrected chi connectivity index (χ0v) is 11.7. The average molecular weight is 273 g/mol. The smallest absolute Gasteiger partial charge is 0.237 e. The average Bonchev–Trinajstić information content (AvgIpc) is 2.86. The summed E-state index contributed by atoms with van der Waals surface area (Å²) in [6.07, 6.45) is 2.13. The lowest BCUT2D eigenvalue weighted by Gasteiger charge is -2.15. The number of aromatic nitrogens is 1. The van der Waals surface area contributed by atoms with Gasteiger partial charge in [-0.05, 0) is 25.8 Å². The summed E-state index contributed by atoms with van der Waals surface area (Å²) in [6.45, 7) is 3.63. The molecule has 3 N–H and O–H groups in total. The second-order valence-electron chi connectivity index (χ2n) is 4.84. The second kappa shape index (κ2) is 6.34. The molecule has 0 radical (unpaired) electrons. The van der Waals surface area contributed by atoms with Crippen molar-refractivity contribution >= 4 is 5.91 Å². The third kappa shape index (κ3) is 3.68. The maximum absolute atomic E-state index is 12.0. The molecule has 5 heteroatoms. The van der Waals surface area contributed by atoms with E-state index in [1.54, 1.807) is 6.20 Å². The van der Waals surface area contributed by atoms with Gasteiger partial charge in [0.25, 0.3) is 0 Å². The van der Waals surface area contributed by atoms with Crippen molar-refractivity contribution in [2.75, 3.05) is 0 Å². The standard InChI is InChI=1S/C15H19N3O2/c1-10-9-17-15(20-10)11(2)18-14(19)13(16)8-12-6-4-3-5-7-12/h3-7,9,11,13H,8,16H2,1-2H3,(H,18,19)/t11?,13-/m1/s1. The monoisotopic (exact) mass is 273 g/mol. The zero-order chi connectivity index (χ0) is 14.5. The number of carbonyl (C=O) groups is 1. The molecule has 0 fully saturated rings. The topological polar surface area (TPSA) is 81.2 Å². The summed E-state index contributed by atoms with van der Waals surface area (Å²) < 4.78 is 5.38. The Balaban J connectivity index is 1.91. The van der Waals surface area contributed by atoms with E-state index >= 15 is 0 Å². The van der Waals surface area contributed by atoms with Crippen molar-refractivity contribution < 1.29 is 9.21 Å². The van der Waals surface area contributed by atoms with Gasteiger partial charge in [-0.1, -0.05) is 30.3 Å². The van der Waals surface area contributed by atoms with Gasteiger partial charge in [-0.25, -0.2) is 4.98 Å². The Kier molecular flexibility index (Phi) is 4.53. The molecule has 5 nitrogen and oxygen atoms in total. The van der Waals surface area contributed by atoms with Crippen LogP contribution in [-0.4, -0.2) is 16.9 Å². The van der Waals surface area contributed by atoms with Gasteiger partial charge in [0.15, 0.2) is 0 Å². The summed E-state index contributed by atoms with van der Waals surface area (Å²) >= 11 is 0. The zero-order valence-electron chi connectivity index (χ0n) is 11.7. The number of hydrogen-bond acceptors (Lipinski definition) is 4. The van der Waals surface area contributed by atoms with Crippen molar-refractivity contribution in [1.29, 1.82) is 0 Å². The molecule has 1 heterocycles. The molecule has 0 saturated carbocycles. The highest BCUT2D eigenvalue weighted by Crippen LogP contribution is 2.12. The molecular formula is C15H19N3O2. The molecule has 20 heavy (non-hydrogen) atoms. The molecule has 0 aliphatic carbocycles. The maximum atomic E-state index is 12.0. The molecule has 1 aromatic heterocycles. The number of nitrogens with zero attached hydrogens (tertiary/aromatic N) is 1. The summed E-state index contributed by atoms with van der Waals surface area (Å²) in [6, 6.07) is 8.81. The maximum Gasteiger partial charge on any atom is 0.237 e. The Bertz CT molecular complexity index is 566. The minimum atomic E-state index is -0.587. The minimum Gasteiger partial charge on any atom is -0.444 e. The van der Waals surface area contributed by atoms with Crippen molar-refractivity contribution in [1.82, 2.24) is 10.3 Å². The summed E-state index contributed by atoms with van der Waals surface area (Å²) in [4.78, 5) is 16.1. The van der Waals surface area contributed by atoms with Crippen LogP contribution in [0.3, 0.4) is 0 Å². The first kappa shape index (κ1) is 14.3. The molecule has 0 spiro atoms. The van der Waals surface area contributed by atoms with E-state index in [4.69, 9.17) is 10.2 Å². The van der Waals surface area contributed by atoms with Crippen LogP contribution < -0.4 is 11.1 Å². The van der Waals surface area contributed by atoms with Crippen LogP contribution in [0.5, 0.6) is 0 Å². The molecule has 1 amide bonds. The van der Waals surface area contributed by atoms with Crippen LogP contribution in [-0.2, 0) is 11.2 Å². The van der Waals surface area contributed by atoms with Gasteiger partial charge in [0, 0.05) is 0 Å². The predicted octanol–water partition coefficient (Wildman–Crippen LogP) is 1.73. The Morgan fingerprint density at radius 2 is 2.10 bits per heavy atom. The quantitative estimate of drug-likeness (QED) is 0.869. The van der Waals surface area contributed by atoms with Crippen LogP contribution >= 0.6 is 0 Å². The fraction of sp³-hybridized carbons (Fsp3) is 0.333. The first-order valence-electron chi connectivity index (χ1n) is 6.58. The number of oxazole rings is 1. The minimum absolute atomic E-state index is 0.211. The molecule has 0 aliphatic rings. The highest BCUT2D eigenvalue weighted by molar-refractivity contribution is 5.82. The molecule has 0 bridgehead atoms. The highest BCUT2D eigenvalue weighted by Gasteiger charge is 2.19. The van der Waals surface area contributed by atoms with Gasteiger partial charge in [0.2, 0.25) is 11.8 Å². The largest absolute Gasteiger partial charge is 0.444 e. The Labute approximate surface area is 118 Å². The first-order chi connectivity index (χ1) is 9.56. The first-order valence-corrected chi connectivity index (χ1v) is 6.58. The van der Waals surface area contributed by atoms with Gasteiger partial charge in [-0.15, -0.1) is 0 Å². The van der Waals surface area contributed by atoms with Crippen LogP contribution in [0.15, 0.2) is 40.9 Å². The van der Waals surface area contributed by atoms with Crippen LogP contribution in [0.25, 0.3) is 0 Å². The number of nitrogens with one attached hydrogen (secondary N) is 1. The van der Waals surface area contributed by atoms with Gasteiger partial charge in [0.05, 0.1) is 12.2 Å². The van der Waals surface area contributed by atoms with Crippen LogP contribution in [0.2, 0.25) is 0 Å². The lowest BCUT2D eigenvalue weighted by atomic mass is 10.1. The Morgan fingerprint density at radius 1 is 1.40 bits per heavy atom. The Hall–Kier alpha value is -2.14. The van der Waals surface area contributed by atoms with E-state index in [0.717, 1.165) is 11.3 Å². The molecule has 1 aromatic carbocycles. The molecule has 106 valence electrons. The van der Waals surface area contributed by atoms with Gasteiger partial charge in [-0.3, -0.25) is 4.79 Å². The van der Waals surface area contributed by atoms with Crippen molar-refractivity contribution in [3.05, 3.63) is 53.7 Å². The lowest BCUT2D eigenvalue weighted by molar-refractivity contribution is -0.123. The number of rotatable bonds is 5. The van der Waals surface area contributed by atoms with E-state index in [1.165, 1.54) is 0 Å². The number of nitrogens with two attached hydrogens (primary N) is 1. The van der Waals surface area contributed by atoms with E-state index in [0.29, 0.717) is 12.3 Å². The van der Waals surface area contributed by atoms with Crippen molar-refractivity contribution in [3.63, 3.8) is 0 Å². The van der Waals surface area contributed by atoms with Crippen molar-refractivity contribution in [2.24, 2.45) is 5.73 Å². The number of benzene rings is 1. The fourth-order valence-electron chi connectivity index (χ4n) is 1.92. The number of hydrogen-bond donors (Lipinski definition) is 2. The van der Waals surface area contributed by atoms with Gasteiger partial charge in [0.1, 0.15) is 11.8 Å². The van der Waals surface area contributed by atoms with Crippen molar-refractivity contribution in [3.8, 4) is 0 Å². The van der Waals surface area contributed by atoms with Gasteiger partial charge in [-0.2, -0.15) is 0 Å². The van der Waals surface area contributed by atoms with E-state index in [1.807, 2.05) is 44.2 Å². The third-order valence-electron chi connectivity index (χ3n) is 3.00. The van der Waals surface area contributed by atoms with Gasteiger partial charge < -0.3 is 15.5 Å². The SMILES string of the molecule is Cc1cnc(C(C)NC(=O)[C@H](N)Cc2ccccc2)o1. The molecule has 2 atom stereocenters. The molecule has 0 aliphatic heterocycles. The normalized spacial score (nSPS) is 13.8. The molecular weight excluding hydrogens is 254 g/mol. The van der Waals surface area contributed by atoms with E-state index in [-0.39, 0.29) is 11.9 Å². The summed E-state index contributed by atoms with van der Waals surface area (Å²) in [5, 5.41) is 2.81. The number of carbonyl (C=O) groups excluding carboxylic acids is 1. The van der Waals surface area contributed by atoms with E-state index in [2.05, 4.69) is 10.3 Å². The number of amides is 1. The lowest BCUT2D eigenvalue weighted by Crippen LogP contribution is -2.43. The Morgan fingerprint density at radius 3 is 2.70 bits per heavy atom. The van der Waals surface area contributed by atoms with E-state index < -0.39 is 6.04 Å². The van der Waals surface area contributed by atoms with Crippen LogP contribution in [0.1, 0.15) is 30.2 Å². The summed E-state index contributed by atoms with van der Waals surface area (Å²) in [7, 11) is 0. The van der Waals surface area contributed by atoms with Crippen molar-refractivity contribution in [2.45, 2.75) is 32.4 Å². The predicted molar refractivity (Wildman–Crippen MR) is 75.9 cm³/mol. The summed E-state index contributed by atoms with van der Waals surface area (Å²) in [5.41, 5.74) is 6.95. The second-order valence-corrected chi connectivity index (χ2v) is 4.84. The summed E-state index contributed by atoms with van der Waals surface area (Å²) in [5.74, 6) is 0.995. The fourth-order valence-corrected chi connectivity index (χ4v) is 1.92. The molecule has 2 rings (SSSR count). The number of aryl methyl sites for hydroxylation is 1.